The second kappa shape index (κ2) is 6.76. The van der Waals surface area contributed by atoms with Gasteiger partial charge in [-0.15, -0.1) is 0 Å². The lowest BCUT2D eigenvalue weighted by Crippen LogP contribution is -2.02. The molecule has 0 saturated carbocycles. The molecule has 0 heterocycles. The van der Waals surface area contributed by atoms with Crippen molar-refractivity contribution in [2.75, 3.05) is 17.6 Å². The van der Waals surface area contributed by atoms with Crippen LogP contribution in [0.2, 0.25) is 0 Å². The summed E-state index contributed by atoms with van der Waals surface area (Å²) in [6, 6.07) is 9.71. The Kier molecular flexibility index (Phi) is 4.97. The minimum atomic E-state index is -4.39. The predicted molar refractivity (Wildman–Crippen MR) is 90.2 cm³/mol. The second-order valence-electron chi connectivity index (χ2n) is 4.93. The van der Waals surface area contributed by atoms with Crippen LogP contribution in [0.5, 0.6) is 0 Å². The molecule has 0 unspecified atom stereocenters. The monoisotopic (exact) mass is 334 g/mol. The van der Waals surface area contributed by atoms with Crippen LogP contribution in [0.3, 0.4) is 0 Å². The Balaban J connectivity index is 2.31. The summed E-state index contributed by atoms with van der Waals surface area (Å²) in [7, 11) is -4.39. The number of azo groups is 1. The van der Waals surface area contributed by atoms with Crippen molar-refractivity contribution >= 4 is 32.9 Å². The maximum Gasteiger partial charge on any atom is 0.296 e. The summed E-state index contributed by atoms with van der Waals surface area (Å²) in [6.07, 6.45) is 0. The molecule has 0 saturated heterocycles. The number of benzene rings is 2. The van der Waals surface area contributed by atoms with Crippen LogP contribution < -0.4 is 11.1 Å². The van der Waals surface area contributed by atoms with Crippen LogP contribution >= 0.6 is 0 Å². The van der Waals surface area contributed by atoms with E-state index in [2.05, 4.69) is 15.5 Å². The van der Waals surface area contributed by atoms with Gasteiger partial charge in [0.15, 0.2) is 0 Å². The van der Waals surface area contributed by atoms with Gasteiger partial charge in [0.2, 0.25) is 0 Å². The summed E-state index contributed by atoms with van der Waals surface area (Å²) in [5, 5.41) is 11.3. The number of nitrogens with one attached hydrogen (secondary N) is 1. The third-order valence-electron chi connectivity index (χ3n) is 3.13. The van der Waals surface area contributed by atoms with E-state index in [0.29, 0.717) is 5.69 Å². The Morgan fingerprint density at radius 1 is 1.17 bits per heavy atom. The Labute approximate surface area is 135 Å². The number of rotatable bonds is 5. The van der Waals surface area contributed by atoms with Crippen molar-refractivity contribution in [2.45, 2.75) is 18.7 Å². The van der Waals surface area contributed by atoms with Gasteiger partial charge < -0.3 is 11.1 Å². The Hall–Kier alpha value is -2.45. The second-order valence-corrected chi connectivity index (χ2v) is 6.32. The molecule has 0 bridgehead atoms. The van der Waals surface area contributed by atoms with Crippen molar-refractivity contribution in [3.8, 4) is 0 Å². The molecule has 0 fully saturated rings. The van der Waals surface area contributed by atoms with Gasteiger partial charge in [-0.3, -0.25) is 4.55 Å². The molecule has 4 N–H and O–H groups in total. The molecule has 2 aromatic rings. The molecule has 0 spiro atoms. The number of aryl methyl sites for hydroxylation is 1. The highest BCUT2D eigenvalue weighted by molar-refractivity contribution is 7.86. The Morgan fingerprint density at radius 3 is 2.52 bits per heavy atom. The van der Waals surface area contributed by atoms with Crippen LogP contribution in [0.1, 0.15) is 12.5 Å². The summed E-state index contributed by atoms with van der Waals surface area (Å²) in [4.78, 5) is -0.381. The first-order valence-corrected chi connectivity index (χ1v) is 8.38. The van der Waals surface area contributed by atoms with Crippen molar-refractivity contribution < 1.29 is 13.0 Å². The largest absolute Gasteiger partial charge is 0.398 e. The van der Waals surface area contributed by atoms with Crippen molar-refractivity contribution in [3.63, 3.8) is 0 Å². The van der Waals surface area contributed by atoms with Crippen LogP contribution in [0.4, 0.5) is 22.7 Å². The molecule has 2 aromatic carbocycles. The molecule has 2 rings (SSSR count). The Bertz CT molecular complexity index is 848. The van der Waals surface area contributed by atoms with Crippen LogP contribution in [0, 0.1) is 6.92 Å². The standard InChI is InChI=1S/C15H18N4O3S/c1-3-17-11-5-7-14(10(2)8-11)19-18-12-4-6-13(16)15(9-12)23(20,21)22/h4-9,17H,3,16H2,1-2H3,(H,20,21,22). The molecule has 0 aromatic heterocycles. The molecular weight excluding hydrogens is 316 g/mol. The number of nitrogens with two attached hydrogens (primary N) is 1. The first-order valence-electron chi connectivity index (χ1n) is 6.94. The molecule has 0 amide bonds. The minimum absolute atomic E-state index is 0.0439. The van der Waals surface area contributed by atoms with Gasteiger partial charge in [-0.05, 0) is 55.8 Å². The van der Waals surface area contributed by atoms with E-state index >= 15 is 0 Å². The highest BCUT2D eigenvalue weighted by Gasteiger charge is 2.14. The number of anilines is 2. The van der Waals surface area contributed by atoms with Gasteiger partial charge in [-0.25, -0.2) is 0 Å². The zero-order valence-electron chi connectivity index (χ0n) is 12.8. The average molecular weight is 334 g/mol. The third kappa shape index (κ3) is 4.27. The molecule has 0 aliphatic heterocycles. The van der Waals surface area contributed by atoms with Crippen molar-refractivity contribution in [3.05, 3.63) is 42.0 Å². The first-order chi connectivity index (χ1) is 10.8. The number of nitrogens with zero attached hydrogens (tertiary/aromatic N) is 2. The fourth-order valence-corrected chi connectivity index (χ4v) is 2.64. The smallest absolute Gasteiger partial charge is 0.296 e. The van der Waals surface area contributed by atoms with E-state index < -0.39 is 10.1 Å². The summed E-state index contributed by atoms with van der Waals surface area (Å²) < 4.78 is 31.6. The van der Waals surface area contributed by atoms with Crippen LogP contribution in [0.15, 0.2) is 51.5 Å². The summed E-state index contributed by atoms with van der Waals surface area (Å²) in [6.45, 7) is 4.74. The van der Waals surface area contributed by atoms with Gasteiger partial charge in [0, 0.05) is 12.2 Å². The molecule has 0 aliphatic carbocycles. The number of hydrogen-bond donors (Lipinski definition) is 3. The van der Waals surface area contributed by atoms with Gasteiger partial charge in [0.1, 0.15) is 4.90 Å². The molecule has 0 radical (unpaired) electrons. The van der Waals surface area contributed by atoms with Gasteiger partial charge >= 0.3 is 0 Å². The van der Waals surface area contributed by atoms with E-state index in [1.54, 1.807) is 0 Å². The van der Waals surface area contributed by atoms with Gasteiger partial charge in [-0.2, -0.15) is 18.6 Å². The lowest BCUT2D eigenvalue weighted by molar-refractivity contribution is 0.483. The summed E-state index contributed by atoms with van der Waals surface area (Å²) >= 11 is 0. The zero-order chi connectivity index (χ0) is 17.0. The van der Waals surface area contributed by atoms with E-state index in [9.17, 15) is 8.42 Å². The summed E-state index contributed by atoms with van der Waals surface area (Å²) in [5.74, 6) is 0. The van der Waals surface area contributed by atoms with E-state index in [4.69, 9.17) is 10.3 Å². The average Bonchev–Trinajstić information content (AvgIpc) is 2.47. The van der Waals surface area contributed by atoms with E-state index in [1.165, 1.54) is 18.2 Å². The van der Waals surface area contributed by atoms with Crippen LogP contribution in [-0.4, -0.2) is 19.5 Å². The topological polar surface area (TPSA) is 117 Å². The third-order valence-corrected chi connectivity index (χ3v) is 4.04. The fourth-order valence-electron chi connectivity index (χ4n) is 2.00. The van der Waals surface area contributed by atoms with Gasteiger partial charge in [-0.1, -0.05) is 0 Å². The SMILES string of the molecule is CCNc1ccc(N=Nc2ccc(N)c(S(=O)(=O)O)c2)c(C)c1. The van der Waals surface area contributed by atoms with E-state index in [-0.39, 0.29) is 16.3 Å². The molecule has 8 heteroatoms. The molecule has 23 heavy (non-hydrogen) atoms. The van der Waals surface area contributed by atoms with Crippen molar-refractivity contribution in [1.29, 1.82) is 0 Å². The maximum absolute atomic E-state index is 11.2. The lowest BCUT2D eigenvalue weighted by atomic mass is 10.2. The van der Waals surface area contributed by atoms with Crippen molar-refractivity contribution in [2.24, 2.45) is 10.2 Å². The Morgan fingerprint density at radius 2 is 1.91 bits per heavy atom. The van der Waals surface area contributed by atoms with E-state index in [1.807, 2.05) is 32.0 Å². The number of nitrogen functional groups attached to an aromatic ring is 1. The molecule has 0 aliphatic rings. The fraction of sp³-hybridized carbons (Fsp3) is 0.200. The molecule has 7 nitrogen and oxygen atoms in total. The highest BCUT2D eigenvalue weighted by Crippen LogP contribution is 2.28. The molecule has 0 atom stereocenters. The highest BCUT2D eigenvalue weighted by atomic mass is 32.2. The van der Waals surface area contributed by atoms with Gasteiger partial charge in [0.05, 0.1) is 17.1 Å². The summed E-state index contributed by atoms with van der Waals surface area (Å²) in [5.41, 5.74) is 8.35. The van der Waals surface area contributed by atoms with Crippen LogP contribution in [-0.2, 0) is 10.1 Å². The molecular formula is C15H18N4O3S. The zero-order valence-corrected chi connectivity index (χ0v) is 13.6. The maximum atomic E-state index is 11.2. The quantitative estimate of drug-likeness (QED) is 0.438. The lowest BCUT2D eigenvalue weighted by Gasteiger charge is -2.06. The minimum Gasteiger partial charge on any atom is -0.398 e. The first kappa shape index (κ1) is 16.9. The van der Waals surface area contributed by atoms with Crippen molar-refractivity contribution in [1.82, 2.24) is 0 Å². The predicted octanol–water partition coefficient (Wildman–Crippen LogP) is 3.67. The molecule has 122 valence electrons. The normalized spacial score (nSPS) is 11.8. The van der Waals surface area contributed by atoms with E-state index in [0.717, 1.165) is 17.8 Å². The van der Waals surface area contributed by atoms with Gasteiger partial charge in [0.25, 0.3) is 10.1 Å². The van der Waals surface area contributed by atoms with Crippen LogP contribution in [0.25, 0.3) is 0 Å². The number of hydrogen-bond acceptors (Lipinski definition) is 6.